The fraction of sp³-hybridized carbons (Fsp3) is 0.600. The third-order valence-electron chi connectivity index (χ3n) is 2.71. The molecule has 1 unspecified atom stereocenters. The molecule has 0 spiro atoms. The molecule has 1 aromatic carbocycles. The molecule has 0 aromatic heterocycles. The summed E-state index contributed by atoms with van der Waals surface area (Å²) in [6.45, 7) is 5.50. The molecule has 1 aromatic rings. The van der Waals surface area contributed by atoms with Crippen LogP contribution in [0.5, 0.6) is 11.5 Å². The van der Waals surface area contributed by atoms with Crippen LogP contribution in [0.25, 0.3) is 0 Å². The third-order valence-corrected chi connectivity index (χ3v) is 3.00. The summed E-state index contributed by atoms with van der Waals surface area (Å²) in [6, 6.07) is 5.80. The molecule has 0 aliphatic heterocycles. The summed E-state index contributed by atoms with van der Waals surface area (Å²) >= 11 is 5.93. The number of rotatable bonds is 9. The third kappa shape index (κ3) is 5.70. The largest absolute Gasteiger partial charge is 0.493 e. The molecule has 0 fully saturated rings. The minimum Gasteiger partial charge on any atom is -0.493 e. The Bertz CT molecular complexity index is 368. The van der Waals surface area contributed by atoms with Crippen LogP contribution < -0.4 is 9.47 Å². The van der Waals surface area contributed by atoms with Crippen molar-refractivity contribution < 1.29 is 14.2 Å². The maximum Gasteiger partial charge on any atom is 0.127 e. The Labute approximate surface area is 120 Å². The SMILES string of the molecule is CCCOc1ccc(CCl)c(OC(C)CCOC)c1. The van der Waals surface area contributed by atoms with Crippen molar-refractivity contribution in [1.82, 2.24) is 0 Å². The highest BCUT2D eigenvalue weighted by Crippen LogP contribution is 2.27. The van der Waals surface area contributed by atoms with Crippen LogP contribution in [0.1, 0.15) is 32.3 Å². The average Bonchev–Trinajstić information content (AvgIpc) is 2.43. The van der Waals surface area contributed by atoms with E-state index in [2.05, 4.69) is 6.92 Å². The zero-order chi connectivity index (χ0) is 14.1. The monoisotopic (exact) mass is 286 g/mol. The molecular formula is C15H23ClO3. The van der Waals surface area contributed by atoms with E-state index in [9.17, 15) is 0 Å². The van der Waals surface area contributed by atoms with Gasteiger partial charge in [-0.1, -0.05) is 13.0 Å². The van der Waals surface area contributed by atoms with Crippen molar-refractivity contribution in [2.24, 2.45) is 0 Å². The Hall–Kier alpha value is -0.930. The van der Waals surface area contributed by atoms with Gasteiger partial charge in [-0.3, -0.25) is 0 Å². The Morgan fingerprint density at radius 2 is 2.05 bits per heavy atom. The Morgan fingerprint density at radius 1 is 1.26 bits per heavy atom. The first-order valence-electron chi connectivity index (χ1n) is 6.68. The fourth-order valence-electron chi connectivity index (χ4n) is 1.62. The lowest BCUT2D eigenvalue weighted by Gasteiger charge is -2.17. The lowest BCUT2D eigenvalue weighted by Crippen LogP contribution is -2.15. The average molecular weight is 287 g/mol. The van der Waals surface area contributed by atoms with E-state index >= 15 is 0 Å². The predicted octanol–water partition coefficient (Wildman–Crippen LogP) is 4.02. The van der Waals surface area contributed by atoms with Crippen LogP contribution in [0.4, 0.5) is 0 Å². The summed E-state index contributed by atoms with van der Waals surface area (Å²) in [5, 5.41) is 0. The molecule has 0 aliphatic rings. The molecule has 1 atom stereocenters. The maximum absolute atomic E-state index is 5.93. The minimum absolute atomic E-state index is 0.0864. The molecule has 0 N–H and O–H groups in total. The van der Waals surface area contributed by atoms with Crippen molar-refractivity contribution in [1.29, 1.82) is 0 Å². The van der Waals surface area contributed by atoms with Gasteiger partial charge >= 0.3 is 0 Å². The van der Waals surface area contributed by atoms with Crippen LogP contribution in [0.2, 0.25) is 0 Å². The molecule has 0 saturated carbocycles. The fourth-order valence-corrected chi connectivity index (χ4v) is 1.84. The summed E-state index contributed by atoms with van der Waals surface area (Å²) in [4.78, 5) is 0. The van der Waals surface area contributed by atoms with Gasteiger partial charge in [-0.05, 0) is 19.4 Å². The van der Waals surface area contributed by atoms with E-state index in [0.717, 1.165) is 29.9 Å². The number of alkyl halides is 1. The van der Waals surface area contributed by atoms with Crippen molar-refractivity contribution in [2.75, 3.05) is 20.3 Å². The molecule has 19 heavy (non-hydrogen) atoms. The van der Waals surface area contributed by atoms with Gasteiger partial charge in [0.15, 0.2) is 0 Å². The van der Waals surface area contributed by atoms with Crippen molar-refractivity contribution in [3.05, 3.63) is 23.8 Å². The van der Waals surface area contributed by atoms with Crippen LogP contribution in [-0.4, -0.2) is 26.4 Å². The van der Waals surface area contributed by atoms with Gasteiger partial charge in [0.05, 0.1) is 18.6 Å². The summed E-state index contributed by atoms with van der Waals surface area (Å²) in [6.07, 6.45) is 1.92. The Kier molecular flexibility index (Phi) is 7.68. The summed E-state index contributed by atoms with van der Waals surface area (Å²) in [5.74, 6) is 2.05. The lowest BCUT2D eigenvalue weighted by atomic mass is 10.2. The van der Waals surface area contributed by atoms with Gasteiger partial charge in [0.1, 0.15) is 11.5 Å². The van der Waals surface area contributed by atoms with Crippen LogP contribution in [0, 0.1) is 0 Å². The normalized spacial score (nSPS) is 12.2. The first kappa shape index (κ1) is 16.1. The molecule has 3 nitrogen and oxygen atoms in total. The van der Waals surface area contributed by atoms with Crippen LogP contribution in [0.15, 0.2) is 18.2 Å². The molecule has 108 valence electrons. The van der Waals surface area contributed by atoms with Crippen molar-refractivity contribution in [3.63, 3.8) is 0 Å². The van der Waals surface area contributed by atoms with Crippen molar-refractivity contribution in [3.8, 4) is 11.5 Å². The van der Waals surface area contributed by atoms with E-state index in [0.29, 0.717) is 19.1 Å². The van der Waals surface area contributed by atoms with E-state index in [1.54, 1.807) is 7.11 Å². The Morgan fingerprint density at radius 3 is 2.68 bits per heavy atom. The van der Waals surface area contributed by atoms with Crippen LogP contribution in [-0.2, 0) is 10.6 Å². The van der Waals surface area contributed by atoms with Gasteiger partial charge in [0.2, 0.25) is 0 Å². The van der Waals surface area contributed by atoms with E-state index in [4.69, 9.17) is 25.8 Å². The number of hydrogen-bond donors (Lipinski definition) is 0. The molecule has 0 saturated heterocycles. The van der Waals surface area contributed by atoms with Crippen LogP contribution in [0.3, 0.4) is 0 Å². The smallest absolute Gasteiger partial charge is 0.127 e. The van der Waals surface area contributed by atoms with Gasteiger partial charge in [0, 0.05) is 31.8 Å². The second-order valence-electron chi connectivity index (χ2n) is 4.46. The molecule has 0 heterocycles. The van der Waals surface area contributed by atoms with E-state index in [1.807, 2.05) is 25.1 Å². The molecule has 0 bridgehead atoms. The lowest BCUT2D eigenvalue weighted by molar-refractivity contribution is 0.134. The highest BCUT2D eigenvalue weighted by atomic mass is 35.5. The first-order valence-corrected chi connectivity index (χ1v) is 7.22. The minimum atomic E-state index is 0.0864. The second-order valence-corrected chi connectivity index (χ2v) is 4.73. The van der Waals surface area contributed by atoms with Gasteiger partial charge in [-0.25, -0.2) is 0 Å². The maximum atomic E-state index is 5.93. The topological polar surface area (TPSA) is 27.7 Å². The number of benzene rings is 1. The van der Waals surface area contributed by atoms with E-state index in [-0.39, 0.29) is 6.10 Å². The Balaban J connectivity index is 2.71. The molecule has 1 rings (SSSR count). The molecule has 0 amide bonds. The number of ether oxygens (including phenoxy) is 3. The zero-order valence-electron chi connectivity index (χ0n) is 11.9. The van der Waals surface area contributed by atoms with Gasteiger partial charge in [-0.15, -0.1) is 11.6 Å². The standard InChI is InChI=1S/C15H23ClO3/c1-4-8-18-14-6-5-13(11-16)15(10-14)19-12(2)7-9-17-3/h5-6,10,12H,4,7-9,11H2,1-3H3. The molecule has 4 heteroatoms. The molecular weight excluding hydrogens is 264 g/mol. The quantitative estimate of drug-likeness (QED) is 0.642. The zero-order valence-corrected chi connectivity index (χ0v) is 12.7. The van der Waals surface area contributed by atoms with Crippen LogP contribution >= 0.6 is 11.6 Å². The highest BCUT2D eigenvalue weighted by molar-refractivity contribution is 6.17. The first-order chi connectivity index (χ1) is 9.21. The number of halogens is 1. The summed E-state index contributed by atoms with van der Waals surface area (Å²) in [7, 11) is 1.69. The molecule has 0 aliphatic carbocycles. The summed E-state index contributed by atoms with van der Waals surface area (Å²) < 4.78 is 16.6. The van der Waals surface area contributed by atoms with Crippen molar-refractivity contribution >= 4 is 11.6 Å². The number of methoxy groups -OCH3 is 1. The second kappa shape index (κ2) is 9.05. The summed E-state index contributed by atoms with van der Waals surface area (Å²) in [5.41, 5.74) is 0.981. The van der Waals surface area contributed by atoms with Gasteiger partial charge < -0.3 is 14.2 Å². The highest BCUT2D eigenvalue weighted by Gasteiger charge is 2.09. The van der Waals surface area contributed by atoms with E-state index in [1.165, 1.54) is 0 Å². The van der Waals surface area contributed by atoms with Gasteiger partial charge in [0.25, 0.3) is 0 Å². The number of hydrogen-bond acceptors (Lipinski definition) is 3. The van der Waals surface area contributed by atoms with Gasteiger partial charge in [-0.2, -0.15) is 0 Å². The predicted molar refractivity (Wildman–Crippen MR) is 78.4 cm³/mol. The van der Waals surface area contributed by atoms with Crippen molar-refractivity contribution in [2.45, 2.75) is 38.7 Å². The van der Waals surface area contributed by atoms with E-state index < -0.39 is 0 Å². The molecule has 0 radical (unpaired) electrons.